The summed E-state index contributed by atoms with van der Waals surface area (Å²) in [4.78, 5) is 49.7. The molecule has 2 heterocycles. The summed E-state index contributed by atoms with van der Waals surface area (Å²) in [6.07, 6.45) is 1.73. The average Bonchev–Trinajstić information content (AvgIpc) is 2.90. The van der Waals surface area contributed by atoms with Gasteiger partial charge in [-0.15, -0.1) is 0 Å². The number of carbonyl (C=O) groups is 4. The standard InChI is InChI=1S/C18H21N3O6S/c19-9-2-1-3-10-28(26,27)13-6-4-5-11-15(13)18(25)21(17(11)24)12-7-8-14(22)20-16(12)23/h4-6,12H,1-3,7-10,19H2,(H,20,22,23). The van der Waals surface area contributed by atoms with Crippen molar-refractivity contribution in [1.82, 2.24) is 10.2 Å². The Bertz CT molecular complexity index is 956. The Hall–Kier alpha value is -2.59. The molecule has 4 amide bonds. The quantitative estimate of drug-likeness (QED) is 0.478. The van der Waals surface area contributed by atoms with Gasteiger partial charge in [0.15, 0.2) is 9.84 Å². The summed E-state index contributed by atoms with van der Waals surface area (Å²) in [7, 11) is -3.79. The number of rotatable bonds is 7. The first-order chi connectivity index (χ1) is 13.3. The van der Waals surface area contributed by atoms with Crippen LogP contribution in [-0.4, -0.2) is 55.3 Å². The highest BCUT2D eigenvalue weighted by molar-refractivity contribution is 7.91. The molecule has 150 valence electrons. The van der Waals surface area contributed by atoms with Gasteiger partial charge in [0, 0.05) is 6.42 Å². The highest BCUT2D eigenvalue weighted by Gasteiger charge is 2.46. The summed E-state index contributed by atoms with van der Waals surface area (Å²) in [6, 6.07) is 2.95. The van der Waals surface area contributed by atoms with Crippen LogP contribution in [0.25, 0.3) is 0 Å². The Kier molecular flexibility index (Phi) is 5.61. The molecule has 10 heteroatoms. The molecule has 2 aliphatic heterocycles. The van der Waals surface area contributed by atoms with E-state index >= 15 is 0 Å². The molecule has 9 nitrogen and oxygen atoms in total. The number of unbranched alkanes of at least 4 members (excludes halogenated alkanes) is 2. The molecule has 0 aromatic heterocycles. The lowest BCUT2D eigenvalue weighted by Crippen LogP contribution is -2.54. The molecule has 1 atom stereocenters. The number of sulfone groups is 1. The largest absolute Gasteiger partial charge is 0.330 e. The monoisotopic (exact) mass is 407 g/mol. The fraction of sp³-hybridized carbons (Fsp3) is 0.444. The number of nitrogens with two attached hydrogens (primary N) is 1. The minimum atomic E-state index is -3.79. The van der Waals surface area contributed by atoms with Gasteiger partial charge in [-0.1, -0.05) is 12.5 Å². The molecule has 3 N–H and O–H groups in total. The Morgan fingerprint density at radius 1 is 1.07 bits per heavy atom. The molecule has 2 aliphatic rings. The van der Waals surface area contributed by atoms with Crippen molar-refractivity contribution in [1.29, 1.82) is 0 Å². The zero-order valence-electron chi connectivity index (χ0n) is 15.1. The summed E-state index contributed by atoms with van der Waals surface area (Å²) < 4.78 is 25.5. The number of imide groups is 2. The molecule has 28 heavy (non-hydrogen) atoms. The Labute approximate surface area is 162 Å². The second-order valence-corrected chi connectivity index (χ2v) is 8.87. The van der Waals surface area contributed by atoms with Gasteiger partial charge in [0.2, 0.25) is 11.8 Å². The van der Waals surface area contributed by atoms with Gasteiger partial charge in [0.05, 0.1) is 21.8 Å². The minimum absolute atomic E-state index is 0.00386. The second kappa shape index (κ2) is 7.80. The number of nitrogens with one attached hydrogen (secondary N) is 1. The van der Waals surface area contributed by atoms with E-state index in [1.807, 2.05) is 0 Å². The third kappa shape index (κ3) is 3.57. The van der Waals surface area contributed by atoms with Crippen molar-refractivity contribution in [2.24, 2.45) is 5.73 Å². The smallest absolute Gasteiger partial charge is 0.263 e. The van der Waals surface area contributed by atoms with E-state index in [9.17, 15) is 27.6 Å². The van der Waals surface area contributed by atoms with Gasteiger partial charge in [-0.2, -0.15) is 0 Å². The van der Waals surface area contributed by atoms with E-state index in [2.05, 4.69) is 5.32 Å². The van der Waals surface area contributed by atoms with Crippen LogP contribution in [0.5, 0.6) is 0 Å². The number of benzene rings is 1. The van der Waals surface area contributed by atoms with Crippen molar-refractivity contribution in [2.75, 3.05) is 12.3 Å². The van der Waals surface area contributed by atoms with E-state index in [0.717, 1.165) is 4.90 Å². The first kappa shape index (κ1) is 20.2. The second-order valence-electron chi connectivity index (χ2n) is 6.79. The predicted octanol–water partition coefficient (Wildman–Crippen LogP) is -0.00950. The number of piperidine rings is 1. The van der Waals surface area contributed by atoms with Gasteiger partial charge in [-0.05, 0) is 37.9 Å². The third-order valence-electron chi connectivity index (χ3n) is 4.88. The number of fused-ring (bicyclic) bond motifs is 1. The molecule has 0 saturated carbocycles. The van der Waals surface area contributed by atoms with Gasteiger partial charge in [0.1, 0.15) is 6.04 Å². The summed E-state index contributed by atoms with van der Waals surface area (Å²) in [5, 5.41) is 2.11. The van der Waals surface area contributed by atoms with E-state index < -0.39 is 39.5 Å². The molecular formula is C18H21N3O6S. The molecule has 0 radical (unpaired) electrons. The van der Waals surface area contributed by atoms with Crippen molar-refractivity contribution in [3.63, 3.8) is 0 Å². The zero-order valence-corrected chi connectivity index (χ0v) is 16.0. The molecule has 3 rings (SSSR count). The van der Waals surface area contributed by atoms with E-state index in [-0.39, 0.29) is 34.6 Å². The summed E-state index contributed by atoms with van der Waals surface area (Å²) in [5.41, 5.74) is 5.17. The van der Waals surface area contributed by atoms with Crippen LogP contribution in [0.4, 0.5) is 0 Å². The van der Waals surface area contributed by atoms with Crippen LogP contribution in [-0.2, 0) is 19.4 Å². The van der Waals surface area contributed by atoms with E-state index in [4.69, 9.17) is 5.73 Å². The lowest BCUT2D eigenvalue weighted by Gasteiger charge is -2.27. The van der Waals surface area contributed by atoms with Crippen molar-refractivity contribution >= 4 is 33.5 Å². The highest BCUT2D eigenvalue weighted by Crippen LogP contribution is 2.32. The Morgan fingerprint density at radius 2 is 1.82 bits per heavy atom. The van der Waals surface area contributed by atoms with Crippen LogP contribution < -0.4 is 11.1 Å². The van der Waals surface area contributed by atoms with Crippen molar-refractivity contribution in [2.45, 2.75) is 43.0 Å². The first-order valence-electron chi connectivity index (χ1n) is 9.05. The van der Waals surface area contributed by atoms with Crippen LogP contribution in [0.15, 0.2) is 23.1 Å². The SMILES string of the molecule is NCCCCCS(=O)(=O)c1cccc2c1C(=O)N(C1CCC(=O)NC1=O)C2=O. The fourth-order valence-electron chi connectivity index (χ4n) is 3.47. The summed E-state index contributed by atoms with van der Waals surface area (Å²) >= 11 is 0. The van der Waals surface area contributed by atoms with Gasteiger partial charge in [-0.3, -0.25) is 29.4 Å². The maximum absolute atomic E-state index is 12.9. The number of amides is 4. The predicted molar refractivity (Wildman–Crippen MR) is 98.1 cm³/mol. The molecule has 1 fully saturated rings. The van der Waals surface area contributed by atoms with Crippen LogP contribution in [0, 0.1) is 0 Å². The topological polar surface area (TPSA) is 144 Å². The van der Waals surface area contributed by atoms with Gasteiger partial charge in [0.25, 0.3) is 11.8 Å². The number of hydrogen-bond acceptors (Lipinski definition) is 7. The van der Waals surface area contributed by atoms with Crippen LogP contribution >= 0.6 is 0 Å². The van der Waals surface area contributed by atoms with E-state index in [0.29, 0.717) is 25.8 Å². The normalized spacial score (nSPS) is 19.8. The molecule has 1 saturated heterocycles. The molecule has 0 aliphatic carbocycles. The van der Waals surface area contributed by atoms with Gasteiger partial charge < -0.3 is 5.73 Å². The Balaban J connectivity index is 1.92. The van der Waals surface area contributed by atoms with Crippen LogP contribution in [0.3, 0.4) is 0 Å². The van der Waals surface area contributed by atoms with Gasteiger partial charge in [-0.25, -0.2) is 8.42 Å². The Morgan fingerprint density at radius 3 is 2.50 bits per heavy atom. The van der Waals surface area contributed by atoms with Crippen LogP contribution in [0.1, 0.15) is 52.8 Å². The van der Waals surface area contributed by atoms with Gasteiger partial charge >= 0.3 is 0 Å². The minimum Gasteiger partial charge on any atom is -0.330 e. The number of carbonyl (C=O) groups excluding carboxylic acids is 4. The van der Waals surface area contributed by atoms with Crippen molar-refractivity contribution < 1.29 is 27.6 Å². The maximum Gasteiger partial charge on any atom is 0.263 e. The summed E-state index contributed by atoms with van der Waals surface area (Å²) in [5.74, 6) is -2.93. The first-order valence-corrected chi connectivity index (χ1v) is 10.7. The molecule has 1 aromatic carbocycles. The lowest BCUT2D eigenvalue weighted by atomic mass is 10.0. The molecular weight excluding hydrogens is 386 g/mol. The third-order valence-corrected chi connectivity index (χ3v) is 6.72. The fourth-order valence-corrected chi connectivity index (χ4v) is 5.06. The summed E-state index contributed by atoms with van der Waals surface area (Å²) in [6.45, 7) is 0.467. The average molecular weight is 407 g/mol. The van der Waals surface area contributed by atoms with Crippen molar-refractivity contribution in [3.05, 3.63) is 29.3 Å². The highest BCUT2D eigenvalue weighted by atomic mass is 32.2. The lowest BCUT2D eigenvalue weighted by molar-refractivity contribution is -0.136. The maximum atomic E-state index is 12.9. The number of hydrogen-bond donors (Lipinski definition) is 2. The van der Waals surface area contributed by atoms with E-state index in [1.54, 1.807) is 0 Å². The van der Waals surface area contributed by atoms with Crippen LogP contribution in [0.2, 0.25) is 0 Å². The molecule has 1 aromatic rings. The van der Waals surface area contributed by atoms with Crippen molar-refractivity contribution in [3.8, 4) is 0 Å². The molecule has 1 unspecified atom stereocenters. The molecule has 0 bridgehead atoms. The van der Waals surface area contributed by atoms with E-state index in [1.165, 1.54) is 18.2 Å². The molecule has 0 spiro atoms. The number of nitrogens with zero attached hydrogens (tertiary/aromatic N) is 1. The zero-order chi connectivity index (χ0) is 20.5.